The van der Waals surface area contributed by atoms with Gasteiger partial charge in [0.25, 0.3) is 0 Å². The van der Waals surface area contributed by atoms with E-state index in [0.717, 1.165) is 15.4 Å². The summed E-state index contributed by atoms with van der Waals surface area (Å²) in [5.41, 5.74) is 0.871. The molecule has 0 aliphatic heterocycles. The molecule has 0 bridgehead atoms. The average molecular weight is 543 g/mol. The van der Waals surface area contributed by atoms with E-state index >= 15 is 0 Å². The molecule has 0 atom stereocenters. The van der Waals surface area contributed by atoms with E-state index in [1.165, 1.54) is 0 Å². The topological polar surface area (TPSA) is 53.2 Å². The molecule has 4 aromatic rings. The van der Waals surface area contributed by atoms with E-state index in [1.807, 2.05) is 21.1 Å². The third-order valence-corrected chi connectivity index (χ3v) is 5.86. The van der Waals surface area contributed by atoms with Crippen LogP contribution in [0.1, 0.15) is 5.56 Å². The lowest BCUT2D eigenvalue weighted by atomic mass is 10.0. The summed E-state index contributed by atoms with van der Waals surface area (Å²) in [4.78, 5) is 11.5. The predicted molar refractivity (Wildman–Crippen MR) is 130 cm³/mol. The average Bonchev–Trinajstić information content (AvgIpc) is 3.26. The van der Waals surface area contributed by atoms with E-state index in [2.05, 4.69) is 31.1 Å². The van der Waals surface area contributed by atoms with Gasteiger partial charge in [-0.1, -0.05) is 38.8 Å². The number of aromatic amines is 2. The van der Waals surface area contributed by atoms with Crippen molar-refractivity contribution in [1.29, 1.82) is 0 Å². The van der Waals surface area contributed by atoms with Crippen LogP contribution in [0.15, 0.2) is 52.1 Å². The maximum Gasteiger partial charge on any atom is 0.437 e. The summed E-state index contributed by atoms with van der Waals surface area (Å²) in [5, 5.41) is 5.29. The highest BCUT2D eigenvalue weighted by Gasteiger charge is 2.41. The van der Waals surface area contributed by atoms with Crippen LogP contribution in [0.2, 0.25) is 5.02 Å². The SMILES string of the molecule is C[N+](C)(C)CCO/N=C(\c1c(-c2cc3cc(Cl)ccc3[nH]2)[nH]c2cc(Br)ccc12)C(F)(F)F. The van der Waals surface area contributed by atoms with Crippen molar-refractivity contribution in [1.82, 2.24) is 9.97 Å². The summed E-state index contributed by atoms with van der Waals surface area (Å²) in [6.45, 7) is 0.558. The summed E-state index contributed by atoms with van der Waals surface area (Å²) >= 11 is 9.47. The second-order valence-electron chi connectivity index (χ2n) is 8.76. The van der Waals surface area contributed by atoms with Gasteiger partial charge >= 0.3 is 6.18 Å². The zero-order valence-electron chi connectivity index (χ0n) is 18.1. The fourth-order valence-corrected chi connectivity index (χ4v) is 4.06. The molecule has 33 heavy (non-hydrogen) atoms. The Morgan fingerprint density at radius 1 is 1.06 bits per heavy atom. The Morgan fingerprint density at radius 3 is 2.52 bits per heavy atom. The van der Waals surface area contributed by atoms with Gasteiger partial charge in [-0.05, 0) is 36.4 Å². The van der Waals surface area contributed by atoms with Crippen LogP contribution in [0, 0.1) is 0 Å². The van der Waals surface area contributed by atoms with E-state index in [9.17, 15) is 13.2 Å². The van der Waals surface area contributed by atoms with Crippen LogP contribution in [-0.4, -0.2) is 60.6 Å². The molecule has 10 heteroatoms. The lowest BCUT2D eigenvalue weighted by Gasteiger charge is -2.22. The van der Waals surface area contributed by atoms with Crippen molar-refractivity contribution >= 4 is 55.0 Å². The molecule has 5 nitrogen and oxygen atoms in total. The second-order valence-corrected chi connectivity index (χ2v) is 10.1. The first kappa shape index (κ1) is 23.7. The molecule has 0 fully saturated rings. The Balaban J connectivity index is 1.89. The normalized spacial score (nSPS) is 13.3. The van der Waals surface area contributed by atoms with Crippen molar-refractivity contribution in [2.24, 2.45) is 5.16 Å². The summed E-state index contributed by atoms with van der Waals surface area (Å²) in [6.07, 6.45) is -4.73. The van der Waals surface area contributed by atoms with Crippen molar-refractivity contribution < 1.29 is 22.5 Å². The lowest BCUT2D eigenvalue weighted by Crippen LogP contribution is -2.37. The van der Waals surface area contributed by atoms with Crippen molar-refractivity contribution in [3.8, 4) is 11.4 Å². The molecule has 0 aliphatic rings. The Kier molecular flexibility index (Phi) is 6.24. The molecule has 2 aromatic carbocycles. The van der Waals surface area contributed by atoms with Gasteiger partial charge in [0.2, 0.25) is 0 Å². The molecule has 0 aliphatic carbocycles. The highest BCUT2D eigenvalue weighted by Crippen LogP contribution is 2.37. The molecule has 2 heterocycles. The number of likely N-dealkylation sites (N-methyl/N-ethyl adjacent to an activating group) is 1. The number of rotatable bonds is 6. The van der Waals surface area contributed by atoms with Crippen molar-refractivity contribution in [3.05, 3.63) is 57.5 Å². The van der Waals surface area contributed by atoms with E-state index in [0.29, 0.717) is 32.6 Å². The minimum Gasteiger partial charge on any atom is -0.389 e. The van der Waals surface area contributed by atoms with E-state index in [4.69, 9.17) is 16.4 Å². The molecule has 0 unspecified atom stereocenters. The first-order valence-corrected chi connectivity index (χ1v) is 11.3. The number of alkyl halides is 3. The molecular weight excluding hydrogens is 521 g/mol. The molecule has 2 N–H and O–H groups in total. The lowest BCUT2D eigenvalue weighted by molar-refractivity contribution is -0.870. The largest absolute Gasteiger partial charge is 0.437 e. The molecule has 0 saturated carbocycles. The summed E-state index contributed by atoms with van der Waals surface area (Å²) in [5.74, 6) is 0. The summed E-state index contributed by atoms with van der Waals surface area (Å²) < 4.78 is 44.0. The number of hydrogen-bond acceptors (Lipinski definition) is 2. The number of quaternary nitrogens is 1. The van der Waals surface area contributed by atoms with E-state index in [-0.39, 0.29) is 17.9 Å². The number of hydrogen-bond donors (Lipinski definition) is 2. The standard InChI is InChI=1S/C23H22BrClF3N4O/c1-32(2,3)8-9-33-31-22(23(26,27)28)20-16-6-4-14(24)12-18(16)30-21(20)19-11-13-10-15(25)5-7-17(13)29-19/h4-7,10-12,29-30H,8-9H2,1-3H3/q+1/b31-22+. The van der Waals surface area contributed by atoms with Gasteiger partial charge in [-0.15, -0.1) is 0 Å². The molecule has 0 saturated heterocycles. The molecule has 174 valence electrons. The zero-order chi connectivity index (χ0) is 24.0. The number of nitrogens with one attached hydrogen (secondary N) is 2. The molecular formula is C23H22BrClF3N4O+. The van der Waals surface area contributed by atoms with Gasteiger partial charge in [0.05, 0.1) is 32.5 Å². The smallest absolute Gasteiger partial charge is 0.389 e. The molecule has 0 amide bonds. The van der Waals surface area contributed by atoms with Crippen molar-refractivity contribution in [2.45, 2.75) is 6.18 Å². The molecule has 2 aromatic heterocycles. The van der Waals surface area contributed by atoms with Gasteiger partial charge in [0, 0.05) is 36.9 Å². The first-order chi connectivity index (χ1) is 15.4. The minimum atomic E-state index is -4.73. The molecule has 0 spiro atoms. The Labute approximate surface area is 201 Å². The second kappa shape index (κ2) is 8.70. The zero-order valence-corrected chi connectivity index (χ0v) is 20.5. The Morgan fingerprint density at radius 2 is 1.82 bits per heavy atom. The van der Waals surface area contributed by atoms with Gasteiger partial charge in [-0.2, -0.15) is 13.2 Å². The number of nitrogens with zero attached hydrogens (tertiary/aromatic N) is 2. The van der Waals surface area contributed by atoms with Crippen LogP contribution in [0.25, 0.3) is 33.2 Å². The van der Waals surface area contributed by atoms with Crippen LogP contribution in [0.4, 0.5) is 13.2 Å². The fraction of sp³-hybridized carbons (Fsp3) is 0.261. The van der Waals surface area contributed by atoms with Crippen LogP contribution in [0.5, 0.6) is 0 Å². The van der Waals surface area contributed by atoms with Crippen molar-refractivity contribution in [2.75, 3.05) is 34.3 Å². The monoisotopic (exact) mass is 541 g/mol. The molecule has 4 rings (SSSR count). The summed E-state index contributed by atoms with van der Waals surface area (Å²) in [7, 11) is 5.78. The fourth-order valence-electron chi connectivity index (χ4n) is 3.52. The third-order valence-electron chi connectivity index (χ3n) is 5.13. The number of aromatic nitrogens is 2. The van der Waals surface area contributed by atoms with E-state index in [1.54, 1.807) is 42.5 Å². The van der Waals surface area contributed by atoms with Gasteiger partial charge in [-0.3, -0.25) is 0 Å². The van der Waals surface area contributed by atoms with Crippen LogP contribution >= 0.6 is 27.5 Å². The first-order valence-electron chi connectivity index (χ1n) is 10.1. The highest BCUT2D eigenvalue weighted by atomic mass is 79.9. The van der Waals surface area contributed by atoms with Gasteiger partial charge in [0.15, 0.2) is 12.3 Å². The highest BCUT2D eigenvalue weighted by molar-refractivity contribution is 9.10. The minimum absolute atomic E-state index is 0.0528. The Bertz CT molecular complexity index is 1350. The maximum absolute atomic E-state index is 14.2. The predicted octanol–water partition coefficient (Wildman–Crippen LogP) is 6.72. The van der Waals surface area contributed by atoms with Crippen molar-refractivity contribution in [3.63, 3.8) is 0 Å². The van der Waals surface area contributed by atoms with E-state index < -0.39 is 11.9 Å². The van der Waals surface area contributed by atoms with Gasteiger partial charge in [0.1, 0.15) is 6.54 Å². The quantitative estimate of drug-likeness (QED) is 0.121. The van der Waals surface area contributed by atoms with Gasteiger partial charge in [-0.25, -0.2) is 0 Å². The third kappa shape index (κ3) is 5.20. The maximum atomic E-state index is 14.2. The van der Waals surface area contributed by atoms with Gasteiger partial charge < -0.3 is 19.3 Å². The Hall–Kier alpha value is -2.49. The van der Waals surface area contributed by atoms with Crippen LogP contribution in [-0.2, 0) is 4.84 Å². The number of benzene rings is 2. The number of fused-ring (bicyclic) bond motifs is 2. The number of halogens is 5. The van der Waals surface area contributed by atoms with Crippen LogP contribution in [0.3, 0.4) is 0 Å². The number of H-pyrrole nitrogens is 2. The van der Waals surface area contributed by atoms with Crippen LogP contribution < -0.4 is 0 Å². The molecule has 0 radical (unpaired) electrons. The number of oxime groups is 1. The summed E-state index contributed by atoms with van der Waals surface area (Å²) in [6, 6.07) is 12.1.